The highest BCUT2D eigenvalue weighted by atomic mass is 35.5. The molecule has 1 N–H and O–H groups in total. The number of thioether (sulfide) groups is 1. The standard InChI is InChI=1S/C18H19ClN2OS/c19-15-8-4-5-9-16(15)20-18(22)21-11-10-17(23-13-12-21)14-6-2-1-3-7-14/h1-9,17H,10-13H2,(H,20,22). The molecule has 0 spiro atoms. The van der Waals surface area contributed by atoms with E-state index in [1.54, 1.807) is 6.07 Å². The molecule has 0 bridgehead atoms. The topological polar surface area (TPSA) is 32.3 Å². The SMILES string of the molecule is O=C(Nc1ccccc1Cl)N1CCSC(c2ccccc2)CC1. The maximum absolute atomic E-state index is 12.5. The van der Waals surface area contributed by atoms with Gasteiger partial charge in [-0.05, 0) is 24.1 Å². The van der Waals surface area contributed by atoms with Crippen molar-refractivity contribution in [2.24, 2.45) is 0 Å². The van der Waals surface area contributed by atoms with E-state index in [1.807, 2.05) is 40.9 Å². The van der Waals surface area contributed by atoms with Crippen LogP contribution in [0.25, 0.3) is 0 Å². The van der Waals surface area contributed by atoms with Gasteiger partial charge < -0.3 is 10.2 Å². The van der Waals surface area contributed by atoms with Crippen molar-refractivity contribution in [1.29, 1.82) is 0 Å². The summed E-state index contributed by atoms with van der Waals surface area (Å²) in [5.74, 6) is 0.940. The van der Waals surface area contributed by atoms with Gasteiger partial charge in [0.15, 0.2) is 0 Å². The second kappa shape index (κ2) is 7.75. The predicted octanol–water partition coefficient (Wildman–Crippen LogP) is 5.05. The fraction of sp³-hybridized carbons (Fsp3) is 0.278. The van der Waals surface area contributed by atoms with Crippen LogP contribution in [0.4, 0.5) is 10.5 Å². The number of carbonyl (C=O) groups is 1. The van der Waals surface area contributed by atoms with Gasteiger partial charge in [-0.1, -0.05) is 54.1 Å². The van der Waals surface area contributed by atoms with E-state index in [4.69, 9.17) is 11.6 Å². The number of halogens is 1. The van der Waals surface area contributed by atoms with Crippen LogP contribution in [0.5, 0.6) is 0 Å². The maximum Gasteiger partial charge on any atom is 0.321 e. The number of nitrogens with zero attached hydrogens (tertiary/aromatic N) is 1. The van der Waals surface area contributed by atoms with Crippen LogP contribution >= 0.6 is 23.4 Å². The summed E-state index contributed by atoms with van der Waals surface area (Å²) < 4.78 is 0. The number of amides is 2. The molecule has 1 heterocycles. The Bertz CT molecular complexity index is 665. The average Bonchev–Trinajstić information content (AvgIpc) is 2.84. The van der Waals surface area contributed by atoms with Gasteiger partial charge >= 0.3 is 6.03 Å². The first kappa shape index (κ1) is 16.2. The van der Waals surface area contributed by atoms with Crippen LogP contribution in [0, 0.1) is 0 Å². The fourth-order valence-electron chi connectivity index (χ4n) is 2.66. The highest BCUT2D eigenvalue weighted by molar-refractivity contribution is 7.99. The van der Waals surface area contributed by atoms with Crippen LogP contribution in [0.2, 0.25) is 5.02 Å². The second-order valence-corrected chi connectivity index (χ2v) is 7.17. The third kappa shape index (κ3) is 4.21. The van der Waals surface area contributed by atoms with E-state index in [0.717, 1.165) is 25.3 Å². The van der Waals surface area contributed by atoms with Gasteiger partial charge in [-0.25, -0.2) is 4.79 Å². The number of para-hydroxylation sites is 1. The van der Waals surface area contributed by atoms with Crippen molar-refractivity contribution in [3.05, 3.63) is 65.2 Å². The van der Waals surface area contributed by atoms with Gasteiger partial charge in [-0.2, -0.15) is 11.8 Å². The lowest BCUT2D eigenvalue weighted by molar-refractivity contribution is 0.215. The molecule has 0 radical (unpaired) electrons. The molecular formula is C18H19ClN2OS. The van der Waals surface area contributed by atoms with E-state index in [0.29, 0.717) is 16.0 Å². The number of nitrogens with one attached hydrogen (secondary N) is 1. The molecule has 2 amide bonds. The Labute approximate surface area is 146 Å². The zero-order valence-corrected chi connectivity index (χ0v) is 14.3. The summed E-state index contributed by atoms with van der Waals surface area (Å²) in [6.45, 7) is 1.51. The van der Waals surface area contributed by atoms with Crippen LogP contribution in [0.1, 0.15) is 17.2 Å². The first-order chi connectivity index (χ1) is 11.2. The second-order valence-electron chi connectivity index (χ2n) is 5.46. The van der Waals surface area contributed by atoms with Gasteiger partial charge in [0.05, 0.1) is 10.7 Å². The molecule has 23 heavy (non-hydrogen) atoms. The molecule has 1 unspecified atom stereocenters. The molecule has 2 aromatic carbocycles. The van der Waals surface area contributed by atoms with E-state index < -0.39 is 0 Å². The lowest BCUT2D eigenvalue weighted by Gasteiger charge is -2.21. The summed E-state index contributed by atoms with van der Waals surface area (Å²) in [6, 6.07) is 17.7. The third-order valence-electron chi connectivity index (χ3n) is 3.92. The van der Waals surface area contributed by atoms with Crippen LogP contribution in [0.15, 0.2) is 54.6 Å². The summed E-state index contributed by atoms with van der Waals surface area (Å²) in [5.41, 5.74) is 2.00. The molecule has 1 atom stereocenters. The van der Waals surface area contributed by atoms with Gasteiger partial charge in [-0.3, -0.25) is 0 Å². The molecule has 1 fully saturated rings. The Kier molecular flexibility index (Phi) is 5.47. The zero-order chi connectivity index (χ0) is 16.1. The molecule has 3 rings (SSSR count). The Morgan fingerprint density at radius 3 is 2.61 bits per heavy atom. The Morgan fingerprint density at radius 1 is 1.09 bits per heavy atom. The van der Waals surface area contributed by atoms with E-state index >= 15 is 0 Å². The van der Waals surface area contributed by atoms with E-state index in [-0.39, 0.29) is 6.03 Å². The van der Waals surface area contributed by atoms with E-state index in [1.165, 1.54) is 5.56 Å². The minimum Gasteiger partial charge on any atom is -0.324 e. The third-order valence-corrected chi connectivity index (χ3v) is 5.57. The van der Waals surface area contributed by atoms with Crippen LogP contribution in [0.3, 0.4) is 0 Å². The Balaban J connectivity index is 1.61. The minimum atomic E-state index is -0.0765. The zero-order valence-electron chi connectivity index (χ0n) is 12.7. The minimum absolute atomic E-state index is 0.0765. The summed E-state index contributed by atoms with van der Waals surface area (Å²) in [6.07, 6.45) is 0.963. The summed E-state index contributed by atoms with van der Waals surface area (Å²) >= 11 is 8.03. The van der Waals surface area contributed by atoms with Gasteiger partial charge in [0.2, 0.25) is 0 Å². The van der Waals surface area contributed by atoms with E-state index in [9.17, 15) is 4.79 Å². The number of benzene rings is 2. The Hall–Kier alpha value is -1.65. The number of anilines is 1. The number of hydrogen-bond donors (Lipinski definition) is 1. The van der Waals surface area contributed by atoms with Crippen molar-refractivity contribution in [2.75, 3.05) is 24.2 Å². The number of carbonyl (C=O) groups excluding carboxylic acids is 1. The monoisotopic (exact) mass is 346 g/mol. The molecule has 0 aromatic heterocycles. The number of urea groups is 1. The van der Waals surface area contributed by atoms with Crippen molar-refractivity contribution in [2.45, 2.75) is 11.7 Å². The van der Waals surface area contributed by atoms with Crippen molar-refractivity contribution < 1.29 is 4.79 Å². The summed E-state index contributed by atoms with van der Waals surface area (Å²) in [4.78, 5) is 14.3. The van der Waals surface area contributed by atoms with Crippen LogP contribution in [-0.4, -0.2) is 29.8 Å². The smallest absolute Gasteiger partial charge is 0.321 e. The highest BCUT2D eigenvalue weighted by Gasteiger charge is 2.22. The van der Waals surface area contributed by atoms with Crippen molar-refractivity contribution in [1.82, 2.24) is 4.90 Å². The predicted molar refractivity (Wildman–Crippen MR) is 98.3 cm³/mol. The Morgan fingerprint density at radius 2 is 1.83 bits per heavy atom. The quantitative estimate of drug-likeness (QED) is 0.825. The average molecular weight is 347 g/mol. The van der Waals surface area contributed by atoms with Crippen LogP contribution < -0.4 is 5.32 Å². The molecule has 1 aliphatic rings. The molecule has 0 saturated carbocycles. The lowest BCUT2D eigenvalue weighted by Crippen LogP contribution is -2.36. The largest absolute Gasteiger partial charge is 0.324 e. The van der Waals surface area contributed by atoms with Gasteiger partial charge in [0, 0.05) is 24.1 Å². The molecule has 1 aliphatic heterocycles. The van der Waals surface area contributed by atoms with E-state index in [2.05, 4.69) is 29.6 Å². The van der Waals surface area contributed by atoms with Gasteiger partial charge in [0.1, 0.15) is 0 Å². The summed E-state index contributed by atoms with van der Waals surface area (Å²) in [5, 5.41) is 3.92. The van der Waals surface area contributed by atoms with Gasteiger partial charge in [-0.15, -0.1) is 0 Å². The first-order valence-electron chi connectivity index (χ1n) is 7.71. The molecule has 5 heteroatoms. The molecule has 1 saturated heterocycles. The number of hydrogen-bond acceptors (Lipinski definition) is 2. The molecule has 3 nitrogen and oxygen atoms in total. The highest BCUT2D eigenvalue weighted by Crippen LogP contribution is 2.34. The first-order valence-corrected chi connectivity index (χ1v) is 9.14. The molecule has 2 aromatic rings. The van der Waals surface area contributed by atoms with Crippen molar-refractivity contribution in [3.63, 3.8) is 0 Å². The van der Waals surface area contributed by atoms with Crippen LogP contribution in [-0.2, 0) is 0 Å². The van der Waals surface area contributed by atoms with Crippen molar-refractivity contribution >= 4 is 35.1 Å². The summed E-state index contributed by atoms with van der Waals surface area (Å²) in [7, 11) is 0. The molecule has 0 aliphatic carbocycles. The molecule has 120 valence electrons. The van der Waals surface area contributed by atoms with Crippen molar-refractivity contribution in [3.8, 4) is 0 Å². The molecular weight excluding hydrogens is 328 g/mol. The lowest BCUT2D eigenvalue weighted by atomic mass is 10.1. The normalized spacial score (nSPS) is 18.3. The fourth-order valence-corrected chi connectivity index (χ4v) is 4.08. The number of rotatable bonds is 2. The van der Waals surface area contributed by atoms with Gasteiger partial charge in [0.25, 0.3) is 0 Å². The maximum atomic E-state index is 12.5.